The van der Waals surface area contributed by atoms with E-state index in [0.29, 0.717) is 42.7 Å². The van der Waals surface area contributed by atoms with Crippen LogP contribution in [-0.4, -0.2) is 42.3 Å². The lowest BCUT2D eigenvalue weighted by Gasteiger charge is -2.26. The Balaban J connectivity index is 1.62. The molecule has 6 nitrogen and oxygen atoms in total. The first kappa shape index (κ1) is 23.5. The second kappa shape index (κ2) is 10.4. The van der Waals surface area contributed by atoms with Crippen molar-refractivity contribution in [1.82, 2.24) is 4.90 Å². The first-order valence-electron chi connectivity index (χ1n) is 11.3. The van der Waals surface area contributed by atoms with E-state index in [2.05, 4.69) is 33.0 Å². The zero-order chi connectivity index (χ0) is 23.3. The van der Waals surface area contributed by atoms with Gasteiger partial charge in [-0.3, -0.25) is 14.4 Å². The third-order valence-corrected chi connectivity index (χ3v) is 5.42. The number of rotatable bonds is 8. The lowest BCUT2D eigenvalue weighted by Crippen LogP contribution is -2.37. The maximum absolute atomic E-state index is 13.0. The number of nitrogens with one attached hydrogen (secondary N) is 1. The Kier molecular flexibility index (Phi) is 7.67. The Hall–Kier alpha value is -3.15. The second-order valence-corrected chi connectivity index (χ2v) is 9.31. The minimum atomic E-state index is -0.406. The molecule has 0 aromatic heterocycles. The molecular weight excluding hydrogens is 402 g/mol. The van der Waals surface area contributed by atoms with Gasteiger partial charge in [0.25, 0.3) is 5.91 Å². The average Bonchev–Trinajstić information content (AvgIpc) is 3.15. The number of nitrogens with zero attached hydrogens (tertiary/aromatic N) is 2. The van der Waals surface area contributed by atoms with Gasteiger partial charge in [0.1, 0.15) is 0 Å². The second-order valence-electron chi connectivity index (χ2n) is 9.31. The minimum absolute atomic E-state index is 0.00479. The molecule has 1 aliphatic rings. The van der Waals surface area contributed by atoms with Crippen molar-refractivity contribution < 1.29 is 14.4 Å². The normalized spacial score (nSPS) is 16.0. The molecule has 0 bridgehead atoms. The smallest absolute Gasteiger partial charge is 0.253 e. The van der Waals surface area contributed by atoms with Crippen molar-refractivity contribution in [3.05, 3.63) is 60.2 Å². The van der Waals surface area contributed by atoms with E-state index in [1.165, 1.54) is 0 Å². The number of para-hydroxylation sites is 1. The van der Waals surface area contributed by atoms with Gasteiger partial charge in [-0.1, -0.05) is 45.9 Å². The van der Waals surface area contributed by atoms with Gasteiger partial charge in [0, 0.05) is 43.0 Å². The van der Waals surface area contributed by atoms with Crippen LogP contribution >= 0.6 is 0 Å². The Morgan fingerprint density at radius 3 is 2.12 bits per heavy atom. The molecule has 170 valence electrons. The fourth-order valence-electron chi connectivity index (χ4n) is 3.99. The number of carbonyl (C=O) groups is 3. The molecule has 2 aromatic rings. The van der Waals surface area contributed by atoms with Crippen molar-refractivity contribution >= 4 is 29.1 Å². The maximum atomic E-state index is 13.0. The summed E-state index contributed by atoms with van der Waals surface area (Å²) in [4.78, 5) is 41.6. The van der Waals surface area contributed by atoms with Gasteiger partial charge in [0.15, 0.2) is 0 Å². The van der Waals surface area contributed by atoms with Gasteiger partial charge in [0.05, 0.1) is 5.92 Å². The van der Waals surface area contributed by atoms with Gasteiger partial charge >= 0.3 is 0 Å². The van der Waals surface area contributed by atoms with Gasteiger partial charge in [-0.15, -0.1) is 0 Å². The summed E-state index contributed by atoms with van der Waals surface area (Å²) in [6.45, 7) is 10.2. The molecule has 1 aliphatic heterocycles. The van der Waals surface area contributed by atoms with Crippen LogP contribution in [0.2, 0.25) is 0 Å². The Morgan fingerprint density at radius 2 is 1.56 bits per heavy atom. The predicted molar refractivity (Wildman–Crippen MR) is 128 cm³/mol. The van der Waals surface area contributed by atoms with Crippen LogP contribution in [0.5, 0.6) is 0 Å². The van der Waals surface area contributed by atoms with Crippen molar-refractivity contribution in [3.8, 4) is 0 Å². The largest absolute Gasteiger partial charge is 0.338 e. The maximum Gasteiger partial charge on any atom is 0.253 e. The number of hydrogen-bond acceptors (Lipinski definition) is 3. The molecule has 3 amide bonds. The molecule has 2 aromatic carbocycles. The highest BCUT2D eigenvalue weighted by molar-refractivity contribution is 6.03. The number of carbonyl (C=O) groups excluding carboxylic acids is 3. The van der Waals surface area contributed by atoms with E-state index in [1.807, 2.05) is 35.2 Å². The summed E-state index contributed by atoms with van der Waals surface area (Å²) in [5.41, 5.74) is 2.04. The fourth-order valence-corrected chi connectivity index (χ4v) is 3.99. The summed E-state index contributed by atoms with van der Waals surface area (Å²) in [6, 6.07) is 16.4. The molecule has 1 heterocycles. The average molecular weight is 436 g/mol. The van der Waals surface area contributed by atoms with E-state index in [0.717, 1.165) is 5.69 Å². The zero-order valence-corrected chi connectivity index (χ0v) is 19.4. The highest BCUT2D eigenvalue weighted by atomic mass is 16.2. The molecule has 1 fully saturated rings. The third kappa shape index (κ3) is 5.96. The van der Waals surface area contributed by atoms with Crippen LogP contribution in [0.4, 0.5) is 11.4 Å². The molecule has 0 radical (unpaired) electrons. The number of amides is 3. The highest BCUT2D eigenvalue weighted by Crippen LogP contribution is 2.26. The van der Waals surface area contributed by atoms with E-state index in [-0.39, 0.29) is 24.1 Å². The minimum Gasteiger partial charge on any atom is -0.338 e. The lowest BCUT2D eigenvalue weighted by molar-refractivity contribution is -0.122. The summed E-state index contributed by atoms with van der Waals surface area (Å²) in [6.07, 6.45) is 0.191. The fraction of sp³-hybridized carbons (Fsp3) is 0.423. The predicted octanol–water partition coefficient (Wildman–Crippen LogP) is 4.43. The van der Waals surface area contributed by atoms with E-state index >= 15 is 0 Å². The Morgan fingerprint density at radius 1 is 0.969 bits per heavy atom. The molecule has 3 rings (SSSR count). The molecule has 0 saturated carbocycles. The molecule has 1 saturated heterocycles. The van der Waals surface area contributed by atoms with E-state index in [9.17, 15) is 14.4 Å². The van der Waals surface area contributed by atoms with Crippen LogP contribution in [0.15, 0.2) is 54.6 Å². The molecule has 6 heteroatoms. The third-order valence-electron chi connectivity index (χ3n) is 5.42. The van der Waals surface area contributed by atoms with Crippen LogP contribution in [0.25, 0.3) is 0 Å². The molecule has 0 spiro atoms. The van der Waals surface area contributed by atoms with Crippen LogP contribution in [0, 0.1) is 17.8 Å². The van der Waals surface area contributed by atoms with Crippen LogP contribution in [0.3, 0.4) is 0 Å². The summed E-state index contributed by atoms with van der Waals surface area (Å²) < 4.78 is 0. The van der Waals surface area contributed by atoms with Gasteiger partial charge in [-0.2, -0.15) is 0 Å². The van der Waals surface area contributed by atoms with Crippen LogP contribution < -0.4 is 10.2 Å². The van der Waals surface area contributed by atoms with Crippen LogP contribution in [-0.2, 0) is 9.59 Å². The SMILES string of the molecule is CC(C)CN(CC(C)C)C(=O)c1ccc(NC(=O)C2CC(=O)N(c3ccccc3)C2)cc1. The van der Waals surface area contributed by atoms with Crippen molar-refractivity contribution in [2.24, 2.45) is 17.8 Å². The first-order chi connectivity index (χ1) is 15.2. The standard InChI is InChI=1S/C26H33N3O3/c1-18(2)15-28(16-19(3)4)26(32)20-10-12-22(13-11-20)27-25(31)21-14-24(30)29(17-21)23-8-6-5-7-9-23/h5-13,18-19,21H,14-17H2,1-4H3,(H,27,31). The van der Waals surface area contributed by atoms with Crippen molar-refractivity contribution in [1.29, 1.82) is 0 Å². The summed E-state index contributed by atoms with van der Waals surface area (Å²) in [5.74, 6) is 0.146. The number of anilines is 2. The Bertz CT molecular complexity index is 929. The number of benzene rings is 2. The number of hydrogen-bond donors (Lipinski definition) is 1. The molecule has 1 unspecified atom stereocenters. The summed E-state index contributed by atoms with van der Waals surface area (Å²) in [5, 5.41) is 2.89. The van der Waals surface area contributed by atoms with Crippen LogP contribution in [0.1, 0.15) is 44.5 Å². The van der Waals surface area contributed by atoms with Crippen molar-refractivity contribution in [2.75, 3.05) is 29.9 Å². The van der Waals surface area contributed by atoms with Gasteiger partial charge in [-0.05, 0) is 48.2 Å². The quantitative estimate of drug-likeness (QED) is 0.667. The van der Waals surface area contributed by atoms with Gasteiger partial charge < -0.3 is 15.1 Å². The van der Waals surface area contributed by atoms with E-state index in [1.54, 1.807) is 29.2 Å². The van der Waals surface area contributed by atoms with E-state index < -0.39 is 5.92 Å². The van der Waals surface area contributed by atoms with Crippen molar-refractivity contribution in [2.45, 2.75) is 34.1 Å². The van der Waals surface area contributed by atoms with Crippen molar-refractivity contribution in [3.63, 3.8) is 0 Å². The first-order valence-corrected chi connectivity index (χ1v) is 11.3. The monoisotopic (exact) mass is 435 g/mol. The summed E-state index contributed by atoms with van der Waals surface area (Å²) >= 11 is 0. The van der Waals surface area contributed by atoms with Gasteiger partial charge in [-0.25, -0.2) is 0 Å². The molecule has 0 aliphatic carbocycles. The molecule has 32 heavy (non-hydrogen) atoms. The lowest BCUT2D eigenvalue weighted by atomic mass is 10.1. The molecule has 1 atom stereocenters. The summed E-state index contributed by atoms with van der Waals surface area (Å²) in [7, 11) is 0. The van der Waals surface area contributed by atoms with Gasteiger partial charge in [0.2, 0.25) is 11.8 Å². The zero-order valence-electron chi connectivity index (χ0n) is 19.4. The topological polar surface area (TPSA) is 69.7 Å². The molecular formula is C26H33N3O3. The molecule has 1 N–H and O–H groups in total. The Labute approximate surface area is 190 Å². The highest BCUT2D eigenvalue weighted by Gasteiger charge is 2.35. The van der Waals surface area contributed by atoms with E-state index in [4.69, 9.17) is 0 Å².